The smallest absolute Gasteiger partial charge is 0.410 e. The molecule has 1 aliphatic rings. The number of amides is 1. The van der Waals surface area contributed by atoms with E-state index in [9.17, 15) is 4.79 Å². The van der Waals surface area contributed by atoms with Crippen LogP contribution in [0.5, 0.6) is 5.75 Å². The first-order valence-corrected chi connectivity index (χ1v) is 9.14. The molecule has 0 radical (unpaired) electrons. The number of anilines is 2. The average Bonchev–Trinajstić information content (AvgIpc) is 3.24. The van der Waals surface area contributed by atoms with Gasteiger partial charge in [-0.1, -0.05) is 36.4 Å². The molecule has 0 aliphatic carbocycles. The number of benzene rings is 2. The van der Waals surface area contributed by atoms with Gasteiger partial charge >= 0.3 is 6.09 Å². The maximum atomic E-state index is 12.1. The molecule has 2 heterocycles. The zero-order valence-corrected chi connectivity index (χ0v) is 15.0. The van der Waals surface area contributed by atoms with Gasteiger partial charge in [0.15, 0.2) is 0 Å². The minimum absolute atomic E-state index is 0.506. The minimum Gasteiger partial charge on any atom is -0.410 e. The summed E-state index contributed by atoms with van der Waals surface area (Å²) in [7, 11) is 0. The number of carbonyl (C=O) groups excluding carboxylic acids is 1. The summed E-state index contributed by atoms with van der Waals surface area (Å²) in [6.07, 6.45) is 1.92. The first-order chi connectivity index (χ1) is 13.3. The van der Waals surface area contributed by atoms with Gasteiger partial charge in [-0.05, 0) is 49.2 Å². The van der Waals surface area contributed by atoms with Crippen LogP contribution in [0.2, 0.25) is 0 Å². The molecule has 5 nitrogen and oxygen atoms in total. The molecule has 1 N–H and O–H groups in total. The number of para-hydroxylation sites is 1. The minimum atomic E-state index is -0.517. The summed E-state index contributed by atoms with van der Waals surface area (Å²) in [4.78, 5) is 19.2. The van der Waals surface area contributed by atoms with Gasteiger partial charge in [-0.3, -0.25) is 5.32 Å². The molecule has 1 saturated heterocycles. The number of hydrogen-bond donors (Lipinski definition) is 1. The third-order valence-corrected chi connectivity index (χ3v) is 4.52. The Morgan fingerprint density at radius 1 is 0.926 bits per heavy atom. The molecule has 0 saturated carbocycles. The number of nitrogens with one attached hydrogen (secondary N) is 1. The Bertz CT molecular complexity index is 922. The van der Waals surface area contributed by atoms with E-state index >= 15 is 0 Å². The molecule has 2 aromatic carbocycles. The molecule has 1 aromatic heterocycles. The number of aromatic nitrogens is 1. The van der Waals surface area contributed by atoms with E-state index in [0.717, 1.165) is 30.2 Å². The van der Waals surface area contributed by atoms with E-state index in [1.165, 1.54) is 12.8 Å². The lowest BCUT2D eigenvalue weighted by atomic mass is 10.1. The topological polar surface area (TPSA) is 54.5 Å². The summed E-state index contributed by atoms with van der Waals surface area (Å²) < 4.78 is 5.28. The Kier molecular flexibility index (Phi) is 5.01. The molecule has 0 bridgehead atoms. The van der Waals surface area contributed by atoms with Crippen LogP contribution >= 0.6 is 0 Å². The summed E-state index contributed by atoms with van der Waals surface area (Å²) in [6, 6.07) is 22.7. The zero-order chi connectivity index (χ0) is 18.5. The quantitative estimate of drug-likeness (QED) is 0.715. The van der Waals surface area contributed by atoms with Crippen LogP contribution in [-0.4, -0.2) is 24.2 Å². The highest BCUT2D eigenvalue weighted by molar-refractivity contribution is 5.87. The number of rotatable bonds is 4. The second-order valence-corrected chi connectivity index (χ2v) is 6.48. The van der Waals surface area contributed by atoms with Gasteiger partial charge in [0.05, 0.1) is 5.69 Å². The van der Waals surface area contributed by atoms with Gasteiger partial charge in [0, 0.05) is 24.3 Å². The normalized spacial score (nSPS) is 13.4. The molecule has 1 fully saturated rings. The van der Waals surface area contributed by atoms with Crippen LogP contribution < -0.4 is 15.0 Å². The molecule has 1 aliphatic heterocycles. The molecular formula is C22H21N3O2. The number of nitrogens with zero attached hydrogens (tertiary/aromatic N) is 2. The van der Waals surface area contributed by atoms with E-state index in [-0.39, 0.29) is 0 Å². The Hall–Kier alpha value is -3.34. The second-order valence-electron chi connectivity index (χ2n) is 6.48. The number of hydrogen-bond acceptors (Lipinski definition) is 4. The van der Waals surface area contributed by atoms with Crippen molar-refractivity contribution < 1.29 is 9.53 Å². The zero-order valence-electron chi connectivity index (χ0n) is 15.0. The highest BCUT2D eigenvalue weighted by atomic mass is 16.6. The second kappa shape index (κ2) is 7.91. The molecule has 5 heteroatoms. The maximum absolute atomic E-state index is 12.1. The summed E-state index contributed by atoms with van der Waals surface area (Å²) in [5.74, 6) is 1.51. The van der Waals surface area contributed by atoms with E-state index in [0.29, 0.717) is 11.4 Å². The first-order valence-electron chi connectivity index (χ1n) is 9.14. The van der Waals surface area contributed by atoms with Crippen molar-refractivity contribution in [2.24, 2.45) is 0 Å². The molecule has 0 unspecified atom stereocenters. The maximum Gasteiger partial charge on any atom is 0.417 e. The fourth-order valence-electron chi connectivity index (χ4n) is 3.20. The SMILES string of the molecule is O=C(Nc1cccc(-c2cccc(N3CCCC3)n2)c1)Oc1ccccc1. The van der Waals surface area contributed by atoms with Gasteiger partial charge < -0.3 is 9.64 Å². The highest BCUT2D eigenvalue weighted by Gasteiger charge is 2.14. The van der Waals surface area contributed by atoms with Crippen molar-refractivity contribution in [2.45, 2.75) is 12.8 Å². The molecule has 0 atom stereocenters. The van der Waals surface area contributed by atoms with E-state index in [4.69, 9.17) is 9.72 Å². The summed E-state index contributed by atoms with van der Waals surface area (Å²) >= 11 is 0. The number of pyridine rings is 1. The lowest BCUT2D eigenvalue weighted by Crippen LogP contribution is -2.18. The van der Waals surface area contributed by atoms with Gasteiger partial charge in [-0.15, -0.1) is 0 Å². The van der Waals surface area contributed by atoms with Crippen molar-refractivity contribution in [3.05, 3.63) is 72.8 Å². The Morgan fingerprint density at radius 2 is 1.70 bits per heavy atom. The van der Waals surface area contributed by atoms with Gasteiger partial charge in [0.1, 0.15) is 11.6 Å². The van der Waals surface area contributed by atoms with Crippen LogP contribution in [-0.2, 0) is 0 Å². The molecule has 3 aromatic rings. The van der Waals surface area contributed by atoms with Gasteiger partial charge in [-0.25, -0.2) is 9.78 Å². The van der Waals surface area contributed by atoms with E-state index < -0.39 is 6.09 Å². The summed E-state index contributed by atoms with van der Waals surface area (Å²) in [5.41, 5.74) is 2.51. The number of carbonyl (C=O) groups is 1. The van der Waals surface area contributed by atoms with Gasteiger partial charge in [0.2, 0.25) is 0 Å². The van der Waals surface area contributed by atoms with Crippen molar-refractivity contribution in [3.63, 3.8) is 0 Å². The Labute approximate surface area is 158 Å². The van der Waals surface area contributed by atoms with Crippen molar-refractivity contribution in [2.75, 3.05) is 23.3 Å². The Balaban J connectivity index is 1.49. The summed E-state index contributed by atoms with van der Waals surface area (Å²) in [6.45, 7) is 2.12. The van der Waals surface area contributed by atoms with Crippen LogP contribution in [0.3, 0.4) is 0 Å². The predicted octanol–water partition coefficient (Wildman–Crippen LogP) is 4.96. The van der Waals surface area contributed by atoms with Crippen LogP contribution in [0.25, 0.3) is 11.3 Å². The third-order valence-electron chi connectivity index (χ3n) is 4.52. The third kappa shape index (κ3) is 4.26. The first kappa shape index (κ1) is 17.1. The van der Waals surface area contributed by atoms with Gasteiger partial charge in [0.25, 0.3) is 0 Å². The molecule has 4 rings (SSSR count). The van der Waals surface area contributed by atoms with Crippen LogP contribution in [0.4, 0.5) is 16.3 Å². The lowest BCUT2D eigenvalue weighted by Gasteiger charge is -2.17. The van der Waals surface area contributed by atoms with Crippen molar-refractivity contribution in [1.82, 2.24) is 4.98 Å². The summed E-state index contributed by atoms with van der Waals surface area (Å²) in [5, 5.41) is 2.77. The van der Waals surface area contributed by atoms with Crippen LogP contribution in [0, 0.1) is 0 Å². The van der Waals surface area contributed by atoms with Crippen LogP contribution in [0.15, 0.2) is 72.8 Å². The van der Waals surface area contributed by atoms with Gasteiger partial charge in [-0.2, -0.15) is 0 Å². The standard InChI is InChI=1S/C22H21N3O2/c26-22(27-19-10-2-1-3-11-19)23-18-9-6-8-17(16-18)20-12-7-13-21(24-20)25-14-4-5-15-25/h1-3,6-13,16H,4-5,14-15H2,(H,23,26). The molecule has 136 valence electrons. The van der Waals surface area contributed by atoms with E-state index in [2.05, 4.69) is 10.2 Å². The molecule has 27 heavy (non-hydrogen) atoms. The van der Waals surface area contributed by atoms with Crippen molar-refractivity contribution in [3.8, 4) is 17.0 Å². The lowest BCUT2D eigenvalue weighted by molar-refractivity contribution is 0.215. The Morgan fingerprint density at radius 3 is 2.52 bits per heavy atom. The molecule has 1 amide bonds. The monoisotopic (exact) mass is 359 g/mol. The fraction of sp³-hybridized carbons (Fsp3) is 0.182. The average molecular weight is 359 g/mol. The van der Waals surface area contributed by atoms with E-state index in [1.807, 2.05) is 60.7 Å². The van der Waals surface area contributed by atoms with Crippen LogP contribution in [0.1, 0.15) is 12.8 Å². The molecule has 0 spiro atoms. The number of ether oxygens (including phenoxy) is 1. The van der Waals surface area contributed by atoms with Crippen molar-refractivity contribution >= 4 is 17.6 Å². The molecular weight excluding hydrogens is 338 g/mol. The van der Waals surface area contributed by atoms with E-state index in [1.54, 1.807) is 12.1 Å². The van der Waals surface area contributed by atoms with Crippen molar-refractivity contribution in [1.29, 1.82) is 0 Å². The largest absolute Gasteiger partial charge is 0.417 e. The highest BCUT2D eigenvalue weighted by Crippen LogP contribution is 2.25. The predicted molar refractivity (Wildman–Crippen MR) is 107 cm³/mol. The fourth-order valence-corrected chi connectivity index (χ4v) is 3.20.